The molecule has 0 radical (unpaired) electrons. The molecule has 0 N–H and O–H groups in total. The van der Waals surface area contributed by atoms with E-state index in [-0.39, 0.29) is 11.4 Å². The lowest BCUT2D eigenvalue weighted by molar-refractivity contribution is -0.385. The summed E-state index contributed by atoms with van der Waals surface area (Å²) in [5.41, 5.74) is 1.89. The van der Waals surface area contributed by atoms with Crippen LogP contribution in [0.15, 0.2) is 54.7 Å². The summed E-state index contributed by atoms with van der Waals surface area (Å²) in [6.07, 6.45) is 1.75. The van der Waals surface area contributed by atoms with Gasteiger partial charge in [-0.15, -0.1) is 0 Å². The molecule has 2 aromatic carbocycles. The van der Waals surface area contributed by atoms with E-state index in [1.54, 1.807) is 30.5 Å². The van der Waals surface area contributed by atoms with E-state index in [9.17, 15) is 10.1 Å². The summed E-state index contributed by atoms with van der Waals surface area (Å²) in [4.78, 5) is 14.8. The number of fused-ring (bicyclic) bond motifs is 1. The maximum atomic E-state index is 11.0. The van der Waals surface area contributed by atoms with Crippen molar-refractivity contribution in [2.75, 3.05) is 0 Å². The molecule has 5 heteroatoms. The van der Waals surface area contributed by atoms with Gasteiger partial charge in [-0.3, -0.25) is 15.1 Å². The van der Waals surface area contributed by atoms with Gasteiger partial charge in [-0.05, 0) is 42.8 Å². The molecule has 5 nitrogen and oxygen atoms in total. The van der Waals surface area contributed by atoms with Crippen molar-refractivity contribution >= 4 is 16.6 Å². The van der Waals surface area contributed by atoms with Gasteiger partial charge in [0.2, 0.25) is 5.75 Å². The van der Waals surface area contributed by atoms with E-state index in [0.717, 1.165) is 16.5 Å². The quantitative estimate of drug-likeness (QED) is 0.531. The van der Waals surface area contributed by atoms with Crippen molar-refractivity contribution in [2.45, 2.75) is 6.92 Å². The van der Waals surface area contributed by atoms with E-state index in [1.807, 2.05) is 25.1 Å². The zero-order valence-electron chi connectivity index (χ0n) is 11.3. The number of para-hydroxylation sites is 2. The van der Waals surface area contributed by atoms with Gasteiger partial charge < -0.3 is 4.74 Å². The Hall–Kier alpha value is -2.95. The molecule has 0 unspecified atom stereocenters. The largest absolute Gasteiger partial charge is 0.450 e. The minimum atomic E-state index is -0.455. The molecule has 0 saturated heterocycles. The maximum Gasteiger partial charge on any atom is 0.311 e. The topological polar surface area (TPSA) is 65.3 Å². The van der Waals surface area contributed by atoms with Crippen molar-refractivity contribution in [1.29, 1.82) is 0 Å². The first-order chi connectivity index (χ1) is 10.1. The van der Waals surface area contributed by atoms with Crippen LogP contribution in [0, 0.1) is 17.0 Å². The molecule has 0 fully saturated rings. The number of nitrogens with zero attached hydrogens (tertiary/aromatic N) is 2. The summed E-state index contributed by atoms with van der Waals surface area (Å²) in [5, 5.41) is 12.0. The second kappa shape index (κ2) is 5.20. The fourth-order valence-electron chi connectivity index (χ4n) is 2.15. The number of benzene rings is 2. The summed E-state index contributed by atoms with van der Waals surface area (Å²) in [5.74, 6) is 0.774. The van der Waals surface area contributed by atoms with E-state index >= 15 is 0 Å². The zero-order valence-corrected chi connectivity index (χ0v) is 11.3. The third-order valence-corrected chi connectivity index (χ3v) is 3.22. The highest BCUT2D eigenvalue weighted by Crippen LogP contribution is 2.32. The number of pyridine rings is 1. The third kappa shape index (κ3) is 2.53. The van der Waals surface area contributed by atoms with E-state index < -0.39 is 4.92 Å². The molecule has 1 aromatic heterocycles. The molecule has 0 bridgehead atoms. The fourth-order valence-corrected chi connectivity index (χ4v) is 2.15. The smallest absolute Gasteiger partial charge is 0.311 e. The SMILES string of the molecule is Cc1ccnc2ccc(Oc3ccccc3[N+](=O)[O-])cc12. The monoisotopic (exact) mass is 280 g/mol. The lowest BCUT2D eigenvalue weighted by Gasteiger charge is -2.08. The van der Waals surface area contributed by atoms with Crippen molar-refractivity contribution < 1.29 is 9.66 Å². The second-order valence-corrected chi connectivity index (χ2v) is 4.63. The van der Waals surface area contributed by atoms with E-state index in [4.69, 9.17) is 4.74 Å². The van der Waals surface area contributed by atoms with Crippen LogP contribution in [0.1, 0.15) is 5.56 Å². The van der Waals surface area contributed by atoms with Gasteiger partial charge in [0.1, 0.15) is 5.75 Å². The number of nitro benzene ring substituents is 1. The van der Waals surface area contributed by atoms with Gasteiger partial charge in [0.25, 0.3) is 0 Å². The number of ether oxygens (including phenoxy) is 1. The molecular weight excluding hydrogens is 268 g/mol. The molecule has 0 aliphatic carbocycles. The molecule has 0 saturated carbocycles. The standard InChI is InChI=1S/C16H12N2O3/c1-11-8-9-17-14-7-6-12(10-13(11)14)21-16-5-3-2-4-15(16)18(19)20/h2-10H,1H3. The van der Waals surface area contributed by atoms with Crippen LogP contribution < -0.4 is 4.74 Å². The lowest BCUT2D eigenvalue weighted by atomic mass is 10.1. The van der Waals surface area contributed by atoms with Gasteiger partial charge >= 0.3 is 5.69 Å². The van der Waals surface area contributed by atoms with Crippen molar-refractivity contribution in [1.82, 2.24) is 4.98 Å². The first-order valence-electron chi connectivity index (χ1n) is 6.42. The predicted molar refractivity (Wildman–Crippen MR) is 79.7 cm³/mol. The van der Waals surface area contributed by atoms with Gasteiger partial charge in [0.15, 0.2) is 0 Å². The lowest BCUT2D eigenvalue weighted by Crippen LogP contribution is -1.93. The van der Waals surface area contributed by atoms with Gasteiger partial charge in [-0.25, -0.2) is 0 Å². The summed E-state index contributed by atoms with van der Waals surface area (Å²) >= 11 is 0. The van der Waals surface area contributed by atoms with Crippen LogP contribution in [-0.2, 0) is 0 Å². The molecule has 0 aliphatic rings. The Bertz CT molecular complexity index is 831. The number of aromatic nitrogens is 1. The van der Waals surface area contributed by atoms with Crippen molar-refractivity contribution in [3.8, 4) is 11.5 Å². The second-order valence-electron chi connectivity index (χ2n) is 4.63. The Labute approximate surface area is 121 Å². The minimum absolute atomic E-state index is 0.0551. The first kappa shape index (κ1) is 13.1. The van der Waals surface area contributed by atoms with Crippen LogP contribution in [0.2, 0.25) is 0 Å². The number of aryl methyl sites for hydroxylation is 1. The van der Waals surface area contributed by atoms with E-state index in [0.29, 0.717) is 5.75 Å². The summed E-state index contributed by atoms with van der Waals surface area (Å²) in [7, 11) is 0. The molecule has 21 heavy (non-hydrogen) atoms. The first-order valence-corrected chi connectivity index (χ1v) is 6.42. The number of hydrogen-bond acceptors (Lipinski definition) is 4. The van der Waals surface area contributed by atoms with Gasteiger partial charge in [0, 0.05) is 17.6 Å². The Kier molecular flexibility index (Phi) is 3.23. The Morgan fingerprint density at radius 2 is 1.95 bits per heavy atom. The highest BCUT2D eigenvalue weighted by atomic mass is 16.6. The molecule has 0 amide bonds. The van der Waals surface area contributed by atoms with E-state index in [1.165, 1.54) is 6.07 Å². The fraction of sp³-hybridized carbons (Fsp3) is 0.0625. The Morgan fingerprint density at radius 1 is 1.14 bits per heavy atom. The van der Waals surface area contributed by atoms with Crippen molar-refractivity contribution in [2.24, 2.45) is 0 Å². The number of nitro groups is 1. The average molecular weight is 280 g/mol. The Balaban J connectivity index is 2.03. The zero-order chi connectivity index (χ0) is 14.8. The van der Waals surface area contributed by atoms with Gasteiger partial charge in [-0.2, -0.15) is 0 Å². The van der Waals surface area contributed by atoms with Crippen LogP contribution in [0.25, 0.3) is 10.9 Å². The number of hydrogen-bond donors (Lipinski definition) is 0. The average Bonchev–Trinajstić information content (AvgIpc) is 2.48. The van der Waals surface area contributed by atoms with Gasteiger partial charge in [0.05, 0.1) is 10.4 Å². The van der Waals surface area contributed by atoms with Crippen LogP contribution >= 0.6 is 0 Å². The predicted octanol–water partition coefficient (Wildman–Crippen LogP) is 4.24. The van der Waals surface area contributed by atoms with Crippen molar-refractivity contribution in [3.63, 3.8) is 0 Å². The van der Waals surface area contributed by atoms with Crippen LogP contribution in [0.4, 0.5) is 5.69 Å². The molecule has 0 atom stereocenters. The normalized spacial score (nSPS) is 10.5. The highest BCUT2D eigenvalue weighted by Gasteiger charge is 2.14. The molecular formula is C16H12N2O3. The summed E-state index contributed by atoms with van der Waals surface area (Å²) in [6, 6.07) is 13.7. The van der Waals surface area contributed by atoms with Crippen LogP contribution in [-0.4, -0.2) is 9.91 Å². The van der Waals surface area contributed by atoms with Gasteiger partial charge in [-0.1, -0.05) is 12.1 Å². The maximum absolute atomic E-state index is 11.0. The summed E-state index contributed by atoms with van der Waals surface area (Å²) < 4.78 is 5.66. The minimum Gasteiger partial charge on any atom is -0.450 e. The third-order valence-electron chi connectivity index (χ3n) is 3.22. The van der Waals surface area contributed by atoms with Crippen LogP contribution in [0.3, 0.4) is 0 Å². The number of rotatable bonds is 3. The molecule has 3 aromatic rings. The highest BCUT2D eigenvalue weighted by molar-refractivity contribution is 5.83. The Morgan fingerprint density at radius 3 is 2.76 bits per heavy atom. The van der Waals surface area contributed by atoms with Crippen molar-refractivity contribution in [3.05, 3.63) is 70.4 Å². The molecule has 0 aliphatic heterocycles. The molecule has 0 spiro atoms. The van der Waals surface area contributed by atoms with E-state index in [2.05, 4.69) is 4.98 Å². The molecule has 1 heterocycles. The summed E-state index contributed by atoms with van der Waals surface area (Å²) in [6.45, 7) is 1.98. The van der Waals surface area contributed by atoms with Crippen LogP contribution in [0.5, 0.6) is 11.5 Å². The molecule has 3 rings (SSSR count). The molecule has 104 valence electrons.